The molecule has 0 N–H and O–H groups in total. The zero-order valence-corrected chi connectivity index (χ0v) is 7.67. The Balaban J connectivity index is 2.21. The van der Waals surface area contributed by atoms with Gasteiger partial charge >= 0.3 is 82.2 Å². The molecule has 3 rings (SSSR count). The van der Waals surface area contributed by atoms with Crippen LogP contribution < -0.4 is 0 Å². The predicted molar refractivity (Wildman–Crippen MR) is 58.4 cm³/mol. The molecule has 0 amide bonds. The summed E-state index contributed by atoms with van der Waals surface area (Å²) in [5.74, 6) is 0. The second kappa shape index (κ2) is 2.94. The van der Waals surface area contributed by atoms with Crippen LogP contribution in [0.1, 0.15) is 6.04 Å². The van der Waals surface area contributed by atoms with Crippen LogP contribution in [0, 0.1) is 0 Å². The first-order chi connectivity index (χ1) is 6.95. The van der Waals surface area contributed by atoms with Crippen molar-refractivity contribution in [3.05, 3.63) is 48.6 Å². The molecule has 66 valence electrons. The zero-order chi connectivity index (χ0) is 9.38. The van der Waals surface area contributed by atoms with Crippen LogP contribution in [-0.2, 0) is 0 Å². The van der Waals surface area contributed by atoms with E-state index in [-0.39, 0.29) is 0 Å². The van der Waals surface area contributed by atoms with E-state index >= 15 is 0 Å². The van der Waals surface area contributed by atoms with Crippen molar-refractivity contribution in [3.8, 4) is 0 Å². The van der Waals surface area contributed by atoms with Crippen LogP contribution in [0.4, 0.5) is 0 Å². The topological polar surface area (TPSA) is 17.8 Å². The SMILES string of the molecule is b1nc2ccccc2n1C1C=CC=C1. The fourth-order valence-corrected chi connectivity index (χ4v) is 1.82. The molecule has 0 saturated carbocycles. The van der Waals surface area contributed by atoms with Gasteiger partial charge < -0.3 is 0 Å². The predicted octanol–water partition coefficient (Wildman–Crippen LogP) is 2.04. The van der Waals surface area contributed by atoms with Gasteiger partial charge in [-0.3, -0.25) is 0 Å². The first kappa shape index (κ1) is 7.74. The van der Waals surface area contributed by atoms with Crippen LogP contribution in [-0.4, -0.2) is 16.6 Å². The summed E-state index contributed by atoms with van der Waals surface area (Å²) >= 11 is 0. The minimum absolute atomic E-state index is 0.336. The van der Waals surface area contributed by atoms with Gasteiger partial charge in [0.1, 0.15) is 0 Å². The quantitative estimate of drug-likeness (QED) is 0.656. The maximum absolute atomic E-state index is 4.36. The molecule has 0 aliphatic heterocycles. The molecule has 0 radical (unpaired) electrons. The van der Waals surface area contributed by atoms with Gasteiger partial charge in [-0.25, -0.2) is 0 Å². The van der Waals surface area contributed by atoms with Crippen LogP contribution in [0.2, 0.25) is 0 Å². The average molecular weight is 180 g/mol. The van der Waals surface area contributed by atoms with Gasteiger partial charge in [0.15, 0.2) is 0 Å². The van der Waals surface area contributed by atoms with Gasteiger partial charge in [0.2, 0.25) is 0 Å². The summed E-state index contributed by atoms with van der Waals surface area (Å²) in [5, 5.41) is 0. The van der Waals surface area contributed by atoms with Crippen molar-refractivity contribution in [1.82, 2.24) is 9.37 Å². The Labute approximate surface area is 82.8 Å². The maximum atomic E-state index is 4.36. The fourth-order valence-electron chi connectivity index (χ4n) is 1.82. The Bertz CT molecular complexity index is 513. The van der Waals surface area contributed by atoms with Crippen molar-refractivity contribution >= 4 is 18.2 Å². The summed E-state index contributed by atoms with van der Waals surface area (Å²) in [6.45, 7) is 0. The van der Waals surface area contributed by atoms with Gasteiger partial charge in [-0.05, 0) is 0 Å². The minimum atomic E-state index is 0.336. The molecule has 0 fully saturated rings. The van der Waals surface area contributed by atoms with Gasteiger partial charge in [0.05, 0.1) is 0 Å². The van der Waals surface area contributed by atoms with Gasteiger partial charge in [-0.2, -0.15) is 0 Å². The Hall–Kier alpha value is -1.64. The Morgan fingerprint density at radius 2 is 1.93 bits per heavy atom. The molecular weight excluding hydrogens is 171 g/mol. The van der Waals surface area contributed by atoms with Crippen LogP contribution >= 0.6 is 0 Å². The van der Waals surface area contributed by atoms with E-state index in [1.807, 2.05) is 25.4 Å². The molecule has 1 aliphatic carbocycles. The van der Waals surface area contributed by atoms with Gasteiger partial charge in [-0.15, -0.1) is 0 Å². The van der Waals surface area contributed by atoms with Crippen molar-refractivity contribution in [2.24, 2.45) is 0 Å². The van der Waals surface area contributed by atoms with Crippen molar-refractivity contribution in [2.45, 2.75) is 6.04 Å². The summed E-state index contributed by atoms with van der Waals surface area (Å²) in [7, 11) is 1.90. The van der Waals surface area contributed by atoms with Gasteiger partial charge in [-0.1, -0.05) is 0 Å². The summed E-state index contributed by atoms with van der Waals surface area (Å²) in [6, 6.07) is 8.53. The number of benzene rings is 1. The van der Waals surface area contributed by atoms with E-state index in [1.54, 1.807) is 0 Å². The third-order valence-electron chi connectivity index (χ3n) is 2.53. The molecule has 2 nitrogen and oxygen atoms in total. The van der Waals surface area contributed by atoms with Crippen LogP contribution in [0.5, 0.6) is 0 Å². The van der Waals surface area contributed by atoms with Crippen LogP contribution in [0.15, 0.2) is 48.6 Å². The normalized spacial score (nSPS) is 15.4. The van der Waals surface area contributed by atoms with Gasteiger partial charge in [0, 0.05) is 0 Å². The van der Waals surface area contributed by atoms with Crippen LogP contribution in [0.25, 0.3) is 11.0 Å². The summed E-state index contributed by atoms with van der Waals surface area (Å²) in [4.78, 5) is 4.36. The Kier molecular flexibility index (Phi) is 1.63. The number of hydrogen-bond acceptors (Lipinski definition) is 1. The van der Waals surface area contributed by atoms with E-state index in [9.17, 15) is 0 Å². The Morgan fingerprint density at radius 1 is 1.14 bits per heavy atom. The van der Waals surface area contributed by atoms with Crippen molar-refractivity contribution in [3.63, 3.8) is 0 Å². The van der Waals surface area contributed by atoms with E-state index in [1.165, 1.54) is 5.52 Å². The molecule has 0 saturated heterocycles. The van der Waals surface area contributed by atoms with Crippen molar-refractivity contribution in [2.75, 3.05) is 0 Å². The molecule has 1 heterocycles. The Morgan fingerprint density at radius 3 is 2.79 bits per heavy atom. The summed E-state index contributed by atoms with van der Waals surface area (Å²) in [6.07, 6.45) is 8.46. The van der Waals surface area contributed by atoms with E-state index in [4.69, 9.17) is 0 Å². The zero-order valence-electron chi connectivity index (χ0n) is 7.67. The molecule has 0 unspecified atom stereocenters. The van der Waals surface area contributed by atoms with Crippen molar-refractivity contribution < 1.29 is 0 Å². The molecule has 2 aromatic rings. The molecule has 1 aromatic carbocycles. The van der Waals surface area contributed by atoms with Gasteiger partial charge in [0.25, 0.3) is 0 Å². The number of rotatable bonds is 1. The first-order valence-electron chi connectivity index (χ1n) is 4.72. The standard InChI is InChI=1S/C11H9BN2/c1-2-6-9(5-1)14-11-8-4-3-7-10(11)13-12-14/h1-9H. The molecule has 1 aliphatic rings. The molecule has 0 atom stereocenters. The van der Waals surface area contributed by atoms with E-state index in [2.05, 4.69) is 39.7 Å². The first-order valence-corrected chi connectivity index (χ1v) is 4.72. The third-order valence-corrected chi connectivity index (χ3v) is 2.53. The molecule has 1 aromatic heterocycles. The number of allylic oxidation sites excluding steroid dienone is 4. The second-order valence-electron chi connectivity index (χ2n) is 3.40. The molecule has 0 spiro atoms. The number of para-hydroxylation sites is 1. The molecule has 3 heteroatoms. The second-order valence-corrected chi connectivity index (χ2v) is 3.40. The van der Waals surface area contributed by atoms with E-state index in [0.717, 1.165) is 5.52 Å². The van der Waals surface area contributed by atoms with Crippen molar-refractivity contribution in [1.29, 1.82) is 0 Å². The summed E-state index contributed by atoms with van der Waals surface area (Å²) in [5.41, 5.74) is 2.25. The third kappa shape index (κ3) is 1.05. The number of fused-ring (bicyclic) bond motifs is 1. The number of nitrogens with zero attached hydrogens (tertiary/aromatic N) is 2. The molecule has 0 bridgehead atoms. The summed E-state index contributed by atoms with van der Waals surface area (Å²) < 4.78 is 2.18. The van der Waals surface area contributed by atoms with E-state index in [0.29, 0.717) is 6.04 Å². The number of aromatic nitrogens is 2. The number of hydrogen-bond donors (Lipinski definition) is 0. The van der Waals surface area contributed by atoms with Crippen LogP contribution in [0.3, 0.4) is 0 Å². The van der Waals surface area contributed by atoms with E-state index < -0.39 is 0 Å². The molecular formula is C11H9BN2. The monoisotopic (exact) mass is 180 g/mol. The fraction of sp³-hybridized carbons (Fsp3) is 0.0909. The molecule has 14 heavy (non-hydrogen) atoms. The average Bonchev–Trinajstić information content (AvgIpc) is 2.85.